The summed E-state index contributed by atoms with van der Waals surface area (Å²) in [6, 6.07) is 70.1. The molecule has 1 heterocycles. The summed E-state index contributed by atoms with van der Waals surface area (Å²) in [5.41, 5.74) is 13.1. The second kappa shape index (κ2) is 14.2. The van der Waals surface area contributed by atoms with Crippen molar-refractivity contribution < 1.29 is 0 Å². The second-order valence-electron chi connectivity index (χ2n) is 15.2. The zero-order valence-electron chi connectivity index (χ0n) is 31.4. The van der Waals surface area contributed by atoms with Crippen LogP contribution in [-0.2, 0) is 5.41 Å². The fraction of sp³-hybridized carbons (Fsp3) is 0.0755. The van der Waals surface area contributed by atoms with Crippen LogP contribution in [0.25, 0.3) is 66.1 Å². The molecule has 0 spiro atoms. The zero-order valence-corrected chi connectivity index (χ0v) is 31.4. The van der Waals surface area contributed by atoms with Crippen molar-refractivity contribution in [1.29, 1.82) is 0 Å². The third-order valence-electron chi connectivity index (χ3n) is 10.6. The molecule has 0 unspecified atom stereocenters. The normalized spacial score (nSPS) is 11.5. The summed E-state index contributed by atoms with van der Waals surface area (Å²) in [5, 5.41) is 4.93. The molecule has 0 saturated carbocycles. The maximum atomic E-state index is 4.98. The lowest BCUT2D eigenvalue weighted by molar-refractivity contribution is 0.587. The molecular formula is C53H42N2. The summed E-state index contributed by atoms with van der Waals surface area (Å²) < 4.78 is 0. The number of rotatable bonds is 7. The first-order valence-electron chi connectivity index (χ1n) is 19.0. The molecular weight excluding hydrogens is 665 g/mol. The molecule has 0 amide bonds. The van der Waals surface area contributed by atoms with E-state index in [1.165, 1.54) is 71.6 Å². The lowest BCUT2D eigenvalue weighted by Gasteiger charge is -2.26. The number of hydrogen-bond acceptors (Lipinski definition) is 2. The Labute approximate surface area is 324 Å². The molecule has 9 aromatic rings. The molecule has 8 aromatic carbocycles. The van der Waals surface area contributed by atoms with E-state index in [4.69, 9.17) is 4.98 Å². The van der Waals surface area contributed by atoms with Gasteiger partial charge in [-0.3, -0.25) is 4.90 Å². The topological polar surface area (TPSA) is 16.1 Å². The van der Waals surface area contributed by atoms with Crippen molar-refractivity contribution in [2.24, 2.45) is 0 Å². The highest BCUT2D eigenvalue weighted by molar-refractivity contribution is 6.21. The van der Waals surface area contributed by atoms with Crippen molar-refractivity contribution in [3.63, 3.8) is 0 Å². The number of benzene rings is 8. The second-order valence-corrected chi connectivity index (χ2v) is 15.2. The molecule has 0 aliphatic carbocycles. The van der Waals surface area contributed by atoms with Gasteiger partial charge in [0.2, 0.25) is 0 Å². The van der Waals surface area contributed by atoms with Crippen LogP contribution >= 0.6 is 0 Å². The lowest BCUT2D eigenvalue weighted by atomic mass is 9.84. The molecule has 0 fully saturated rings. The van der Waals surface area contributed by atoms with Crippen LogP contribution in [0.15, 0.2) is 200 Å². The van der Waals surface area contributed by atoms with Crippen LogP contribution in [0, 0.1) is 0 Å². The van der Waals surface area contributed by atoms with Gasteiger partial charge in [-0.2, -0.15) is 0 Å². The summed E-state index contributed by atoms with van der Waals surface area (Å²) in [4.78, 5) is 7.21. The van der Waals surface area contributed by atoms with Gasteiger partial charge < -0.3 is 0 Å². The third-order valence-corrected chi connectivity index (χ3v) is 10.6. The Morgan fingerprint density at radius 3 is 1.24 bits per heavy atom. The number of nitrogens with zero attached hydrogens (tertiary/aromatic N) is 2. The van der Waals surface area contributed by atoms with Gasteiger partial charge in [0.1, 0.15) is 5.82 Å². The van der Waals surface area contributed by atoms with E-state index in [9.17, 15) is 0 Å². The summed E-state index contributed by atoms with van der Waals surface area (Å²) in [6.07, 6.45) is 2.01. The molecule has 2 heteroatoms. The van der Waals surface area contributed by atoms with E-state index < -0.39 is 0 Å². The third kappa shape index (κ3) is 6.57. The summed E-state index contributed by atoms with van der Waals surface area (Å²) in [7, 11) is 0. The first-order valence-corrected chi connectivity index (χ1v) is 19.0. The SMILES string of the molecule is CC(C)(C)c1ccc(N(c2ccccc2)c2ccc(-c3c4ccccc4c(-c4cc(-c5ccccc5)cc(-c5ccccc5)c4)c4ccccc34)cc2)nc1. The highest BCUT2D eigenvalue weighted by Gasteiger charge is 2.20. The van der Waals surface area contributed by atoms with Crippen LogP contribution in [0.2, 0.25) is 0 Å². The van der Waals surface area contributed by atoms with Crippen molar-refractivity contribution in [1.82, 2.24) is 4.98 Å². The van der Waals surface area contributed by atoms with Crippen molar-refractivity contribution in [3.8, 4) is 44.5 Å². The monoisotopic (exact) mass is 706 g/mol. The van der Waals surface area contributed by atoms with Crippen LogP contribution in [0.3, 0.4) is 0 Å². The largest absolute Gasteiger partial charge is 0.295 e. The van der Waals surface area contributed by atoms with Gasteiger partial charge in [0.05, 0.1) is 0 Å². The van der Waals surface area contributed by atoms with Gasteiger partial charge >= 0.3 is 0 Å². The molecule has 1 aromatic heterocycles. The van der Waals surface area contributed by atoms with Gasteiger partial charge in [0.25, 0.3) is 0 Å². The summed E-state index contributed by atoms with van der Waals surface area (Å²) >= 11 is 0. The summed E-state index contributed by atoms with van der Waals surface area (Å²) in [6.45, 7) is 6.67. The van der Waals surface area contributed by atoms with Crippen molar-refractivity contribution >= 4 is 38.7 Å². The lowest BCUT2D eigenvalue weighted by Crippen LogP contribution is -2.14. The van der Waals surface area contributed by atoms with Crippen molar-refractivity contribution in [3.05, 3.63) is 206 Å². The first kappa shape index (κ1) is 34.0. The van der Waals surface area contributed by atoms with Gasteiger partial charge in [-0.05, 0) is 126 Å². The Morgan fingerprint density at radius 1 is 0.364 bits per heavy atom. The average Bonchev–Trinajstić information content (AvgIpc) is 3.24. The number of anilines is 3. The van der Waals surface area contributed by atoms with E-state index in [-0.39, 0.29) is 5.41 Å². The van der Waals surface area contributed by atoms with E-state index in [0.29, 0.717) is 0 Å². The minimum absolute atomic E-state index is 0.0285. The molecule has 2 nitrogen and oxygen atoms in total. The van der Waals surface area contributed by atoms with E-state index in [2.05, 4.69) is 220 Å². The fourth-order valence-corrected chi connectivity index (χ4v) is 7.85. The average molecular weight is 707 g/mol. The minimum Gasteiger partial charge on any atom is -0.295 e. The molecule has 0 atom stereocenters. The predicted octanol–water partition coefficient (Wildman–Crippen LogP) is 14.8. The Bertz CT molecular complexity index is 2630. The van der Waals surface area contributed by atoms with E-state index in [1.54, 1.807) is 0 Å². The Kier molecular flexibility index (Phi) is 8.80. The number of hydrogen-bond donors (Lipinski definition) is 0. The van der Waals surface area contributed by atoms with Crippen molar-refractivity contribution in [2.45, 2.75) is 26.2 Å². The first-order chi connectivity index (χ1) is 26.9. The van der Waals surface area contributed by atoms with Crippen molar-refractivity contribution in [2.75, 3.05) is 4.90 Å². The molecule has 0 bridgehead atoms. The van der Waals surface area contributed by atoms with Crippen LogP contribution in [0.5, 0.6) is 0 Å². The molecule has 0 saturated heterocycles. The van der Waals surface area contributed by atoms with Gasteiger partial charge in [-0.1, -0.05) is 166 Å². The van der Waals surface area contributed by atoms with Gasteiger partial charge in [0, 0.05) is 17.6 Å². The highest BCUT2D eigenvalue weighted by Crippen LogP contribution is 2.46. The number of aromatic nitrogens is 1. The van der Waals surface area contributed by atoms with Crippen LogP contribution in [0.4, 0.5) is 17.2 Å². The van der Waals surface area contributed by atoms with E-state index in [0.717, 1.165) is 17.2 Å². The van der Waals surface area contributed by atoms with E-state index in [1.807, 2.05) is 6.20 Å². The number of pyridine rings is 1. The maximum absolute atomic E-state index is 4.98. The van der Waals surface area contributed by atoms with Gasteiger partial charge in [0.15, 0.2) is 0 Å². The Morgan fingerprint density at radius 2 is 0.782 bits per heavy atom. The van der Waals surface area contributed by atoms with Crippen LogP contribution in [-0.4, -0.2) is 4.98 Å². The zero-order chi connectivity index (χ0) is 37.4. The molecule has 264 valence electrons. The molecule has 55 heavy (non-hydrogen) atoms. The fourth-order valence-electron chi connectivity index (χ4n) is 7.85. The van der Waals surface area contributed by atoms with Gasteiger partial charge in [-0.15, -0.1) is 0 Å². The smallest absolute Gasteiger partial charge is 0.137 e. The Balaban J connectivity index is 1.22. The summed E-state index contributed by atoms with van der Waals surface area (Å²) in [5.74, 6) is 0.889. The van der Waals surface area contributed by atoms with E-state index >= 15 is 0 Å². The molecule has 0 radical (unpaired) electrons. The molecule has 0 N–H and O–H groups in total. The number of para-hydroxylation sites is 1. The maximum Gasteiger partial charge on any atom is 0.137 e. The van der Waals surface area contributed by atoms with Crippen LogP contribution in [0.1, 0.15) is 26.3 Å². The van der Waals surface area contributed by atoms with Crippen LogP contribution < -0.4 is 4.90 Å². The molecule has 0 aliphatic rings. The quantitative estimate of drug-likeness (QED) is 0.153. The minimum atomic E-state index is 0.0285. The molecule has 9 rings (SSSR count). The standard InChI is InChI=1S/C53H42N2/c1-53(2,3)43-29-32-50(54-36-43)55(44-21-11-6-12-22-44)45-30-27-39(28-31-45)51-46-23-13-15-25-48(46)52(49-26-16-14-24-47(49)51)42-34-40(37-17-7-4-8-18-37)33-41(35-42)38-19-9-5-10-20-38/h4-36H,1-3H3. The number of fused-ring (bicyclic) bond motifs is 2. The highest BCUT2D eigenvalue weighted by atomic mass is 15.2. The molecule has 0 aliphatic heterocycles. The Hall–Kier alpha value is -6.77. The predicted molar refractivity (Wildman–Crippen MR) is 234 cm³/mol. The van der Waals surface area contributed by atoms with Gasteiger partial charge in [-0.25, -0.2) is 4.98 Å².